The van der Waals surface area contributed by atoms with Gasteiger partial charge in [-0.15, -0.1) is 5.06 Å². The molecule has 0 aromatic rings. The van der Waals surface area contributed by atoms with Crippen molar-refractivity contribution in [2.75, 3.05) is 39.4 Å². The standard InChI is InChI=1S/C26H39N3O7S/c1-4-16-29(17-5-1)36-37(23-13-3-9-19-32-23)25(35-28-14-6-7-15-28)24(33-21-11-2-8-18-30-21)27-26(37)34-22-12-10-20-31-22/h3,9,13,19,21-23H,1-2,4-8,10-12,14-18,20H2. The highest BCUT2D eigenvalue weighted by Gasteiger charge is 2.57. The second-order valence-corrected chi connectivity index (χ2v) is 12.6. The predicted octanol–water partition coefficient (Wildman–Crippen LogP) is 4.77. The van der Waals surface area contributed by atoms with Crippen LogP contribution in [0.4, 0.5) is 0 Å². The lowest BCUT2D eigenvalue weighted by atomic mass is 10.2. The number of hydrogen-bond acceptors (Lipinski definition) is 10. The summed E-state index contributed by atoms with van der Waals surface area (Å²) in [7, 11) is -2.57. The average molecular weight is 538 g/mol. The first-order chi connectivity index (χ1) is 18.3. The Hall–Kier alpha value is -1.76. The molecule has 0 amide bonds. The van der Waals surface area contributed by atoms with Crippen LogP contribution in [0, 0.1) is 0 Å². The van der Waals surface area contributed by atoms with E-state index in [1.807, 2.05) is 28.4 Å². The second-order valence-electron chi connectivity index (χ2n) is 10.1. The van der Waals surface area contributed by atoms with Gasteiger partial charge in [-0.3, -0.25) is 0 Å². The molecule has 0 N–H and O–H groups in total. The lowest BCUT2D eigenvalue weighted by Crippen LogP contribution is -2.40. The van der Waals surface area contributed by atoms with E-state index in [9.17, 15) is 0 Å². The van der Waals surface area contributed by atoms with Gasteiger partial charge in [0.2, 0.25) is 12.6 Å². The van der Waals surface area contributed by atoms with Crippen LogP contribution >= 0.6 is 10.3 Å². The van der Waals surface area contributed by atoms with Crippen LogP contribution in [-0.2, 0) is 32.8 Å². The van der Waals surface area contributed by atoms with Crippen LogP contribution in [0.2, 0.25) is 0 Å². The van der Waals surface area contributed by atoms with Crippen LogP contribution in [0.25, 0.3) is 0 Å². The van der Waals surface area contributed by atoms with Crippen molar-refractivity contribution >= 4 is 15.5 Å². The molecule has 6 aliphatic heterocycles. The maximum atomic E-state index is 7.01. The van der Waals surface area contributed by atoms with Gasteiger partial charge in [-0.05, 0) is 57.1 Å². The van der Waals surface area contributed by atoms with Crippen LogP contribution in [0.5, 0.6) is 0 Å². The van der Waals surface area contributed by atoms with E-state index >= 15 is 0 Å². The highest BCUT2D eigenvalue weighted by molar-refractivity contribution is 8.44. The number of nitrogens with zero attached hydrogens (tertiary/aromatic N) is 3. The first-order valence-electron chi connectivity index (χ1n) is 13.9. The molecule has 0 aromatic heterocycles. The summed E-state index contributed by atoms with van der Waals surface area (Å²) >= 11 is 0. The van der Waals surface area contributed by atoms with Gasteiger partial charge in [-0.2, -0.15) is 10.1 Å². The minimum Gasteiger partial charge on any atom is -0.482 e. The maximum Gasteiger partial charge on any atom is 0.274 e. The number of rotatable bonds is 8. The Bertz CT molecular complexity index is 904. The van der Waals surface area contributed by atoms with Crippen LogP contribution < -0.4 is 0 Å². The zero-order chi connectivity index (χ0) is 24.9. The molecule has 0 radical (unpaired) electrons. The molecule has 0 aliphatic carbocycles. The van der Waals surface area contributed by atoms with Crippen molar-refractivity contribution in [3.05, 3.63) is 35.5 Å². The summed E-state index contributed by atoms with van der Waals surface area (Å²) in [6.45, 7) is 4.66. The van der Waals surface area contributed by atoms with E-state index in [1.165, 1.54) is 6.42 Å². The topological polar surface area (TPSA) is 83.5 Å². The van der Waals surface area contributed by atoms with Crippen molar-refractivity contribution in [1.29, 1.82) is 0 Å². The van der Waals surface area contributed by atoms with Gasteiger partial charge >= 0.3 is 0 Å². The van der Waals surface area contributed by atoms with Crippen LogP contribution in [0.1, 0.15) is 64.2 Å². The van der Waals surface area contributed by atoms with Gasteiger partial charge in [0.1, 0.15) is 0 Å². The molecule has 6 aliphatic rings. The fourth-order valence-corrected chi connectivity index (χ4v) is 8.06. The van der Waals surface area contributed by atoms with Gasteiger partial charge in [0.05, 0.1) is 29.8 Å². The van der Waals surface area contributed by atoms with Gasteiger partial charge < -0.3 is 28.5 Å². The number of hydroxylamine groups is 4. The molecule has 4 saturated heterocycles. The molecular weight excluding hydrogens is 498 g/mol. The Kier molecular flexibility index (Phi) is 8.25. The molecule has 0 spiro atoms. The largest absolute Gasteiger partial charge is 0.482 e. The summed E-state index contributed by atoms with van der Waals surface area (Å²) in [4.78, 5) is 11.6. The van der Waals surface area contributed by atoms with E-state index < -0.39 is 22.0 Å². The SMILES string of the molecule is C1=COC(S2(ON3CCCCC3)C(OC3CCCO3)=NC(OC3CCCCO3)=C2ON2CCCC2)C=C1. The summed E-state index contributed by atoms with van der Waals surface area (Å²) < 4.78 is 38.0. The van der Waals surface area contributed by atoms with Crippen LogP contribution in [0.3, 0.4) is 0 Å². The molecule has 37 heavy (non-hydrogen) atoms. The maximum absolute atomic E-state index is 7.01. The molecule has 206 valence electrons. The number of hydrogen-bond donors (Lipinski definition) is 0. The lowest BCUT2D eigenvalue weighted by Gasteiger charge is -2.44. The zero-order valence-corrected chi connectivity index (χ0v) is 22.3. The van der Waals surface area contributed by atoms with Crippen molar-refractivity contribution in [2.24, 2.45) is 4.99 Å². The van der Waals surface area contributed by atoms with E-state index in [4.69, 9.17) is 37.8 Å². The van der Waals surface area contributed by atoms with Crippen molar-refractivity contribution in [1.82, 2.24) is 10.1 Å². The zero-order valence-electron chi connectivity index (χ0n) is 21.5. The third-order valence-electron chi connectivity index (χ3n) is 7.22. The van der Waals surface area contributed by atoms with E-state index in [-0.39, 0.29) is 6.29 Å². The van der Waals surface area contributed by atoms with Gasteiger partial charge in [0, 0.05) is 39.0 Å². The summed E-state index contributed by atoms with van der Waals surface area (Å²) in [5.74, 6) is 0.366. The molecule has 4 unspecified atom stereocenters. The quantitative estimate of drug-likeness (QED) is 0.435. The second kappa shape index (κ2) is 12.0. The minimum absolute atomic E-state index is 0.366. The van der Waals surface area contributed by atoms with Gasteiger partial charge in [-0.25, -0.2) is 4.28 Å². The highest BCUT2D eigenvalue weighted by Crippen LogP contribution is 2.68. The first-order valence-corrected chi connectivity index (χ1v) is 15.5. The summed E-state index contributed by atoms with van der Waals surface area (Å²) in [5.41, 5.74) is -0.495. The fraction of sp³-hybridized carbons (Fsp3) is 0.731. The third-order valence-corrected chi connectivity index (χ3v) is 10.1. The summed E-state index contributed by atoms with van der Waals surface area (Å²) in [5, 5.41) is 4.98. The number of aliphatic imine (C=N–C) groups is 1. The summed E-state index contributed by atoms with van der Waals surface area (Å²) in [6, 6.07) is 0. The van der Waals surface area contributed by atoms with E-state index in [0.29, 0.717) is 29.4 Å². The highest BCUT2D eigenvalue weighted by atomic mass is 32.3. The molecule has 0 saturated carbocycles. The Labute approximate surface area is 220 Å². The molecule has 11 heteroatoms. The molecule has 4 fully saturated rings. The lowest BCUT2D eigenvalue weighted by molar-refractivity contribution is -0.148. The molecular formula is C26H39N3O7S. The monoisotopic (exact) mass is 537 g/mol. The summed E-state index contributed by atoms with van der Waals surface area (Å²) in [6.07, 6.45) is 16.9. The van der Waals surface area contributed by atoms with E-state index in [2.05, 4.69) is 0 Å². The number of allylic oxidation sites excluding steroid dienone is 2. The predicted molar refractivity (Wildman–Crippen MR) is 138 cm³/mol. The Morgan fingerprint density at radius 1 is 0.784 bits per heavy atom. The van der Waals surface area contributed by atoms with Crippen molar-refractivity contribution in [3.8, 4) is 0 Å². The Morgan fingerprint density at radius 2 is 1.51 bits per heavy atom. The van der Waals surface area contributed by atoms with E-state index in [0.717, 1.165) is 84.0 Å². The minimum atomic E-state index is -2.57. The first kappa shape index (κ1) is 25.5. The fourth-order valence-electron chi connectivity index (χ4n) is 5.23. The third kappa shape index (κ3) is 5.67. The average Bonchev–Trinajstić information content (AvgIpc) is 3.71. The van der Waals surface area contributed by atoms with Crippen molar-refractivity contribution in [2.45, 2.75) is 82.2 Å². The van der Waals surface area contributed by atoms with Crippen molar-refractivity contribution in [3.63, 3.8) is 0 Å². The van der Waals surface area contributed by atoms with Crippen LogP contribution in [0.15, 0.2) is 40.5 Å². The van der Waals surface area contributed by atoms with Gasteiger partial charge in [0.15, 0.2) is 5.44 Å². The van der Waals surface area contributed by atoms with Gasteiger partial charge in [0.25, 0.3) is 16.2 Å². The molecule has 6 rings (SSSR count). The van der Waals surface area contributed by atoms with Crippen molar-refractivity contribution < 1.29 is 32.8 Å². The molecule has 4 atom stereocenters. The smallest absolute Gasteiger partial charge is 0.274 e. The molecule has 0 aromatic carbocycles. The van der Waals surface area contributed by atoms with Gasteiger partial charge in [-0.1, -0.05) is 12.5 Å². The molecule has 0 bridgehead atoms. The Balaban J connectivity index is 1.41. The van der Waals surface area contributed by atoms with Crippen LogP contribution in [-0.4, -0.2) is 72.8 Å². The molecule has 6 heterocycles. The number of ether oxygens (including phenoxy) is 5. The Morgan fingerprint density at radius 3 is 2.22 bits per heavy atom. The van der Waals surface area contributed by atoms with E-state index in [1.54, 1.807) is 6.26 Å². The normalized spacial score (nSPS) is 36.8. The molecule has 10 nitrogen and oxygen atoms in total. The number of piperidine rings is 1.